The molecule has 88 valence electrons. The first-order valence-corrected chi connectivity index (χ1v) is 5.06. The van der Waals surface area contributed by atoms with E-state index >= 15 is 0 Å². The Bertz CT molecular complexity index is 363. The van der Waals surface area contributed by atoms with Gasteiger partial charge in [0.05, 0.1) is 14.2 Å². The van der Waals surface area contributed by atoms with E-state index in [0.29, 0.717) is 25.0 Å². The molecule has 0 fully saturated rings. The number of methoxy groups -OCH3 is 2. The molecule has 1 rings (SSSR count). The van der Waals surface area contributed by atoms with Crippen molar-refractivity contribution < 1.29 is 18.7 Å². The molecular weight excluding hydrogens is 211 g/mol. The van der Waals surface area contributed by atoms with Gasteiger partial charge in [-0.3, -0.25) is 4.79 Å². The number of carbonyl (C=O) groups is 1. The molecule has 0 bridgehead atoms. The number of halogens is 1. The number of rotatable bonds is 5. The van der Waals surface area contributed by atoms with Crippen molar-refractivity contribution in [2.45, 2.75) is 19.3 Å². The van der Waals surface area contributed by atoms with Gasteiger partial charge in [-0.15, -0.1) is 0 Å². The third-order valence-corrected chi connectivity index (χ3v) is 2.30. The highest BCUT2D eigenvalue weighted by Gasteiger charge is 2.06. The molecule has 0 radical (unpaired) electrons. The fourth-order valence-electron chi connectivity index (χ4n) is 1.47. The molecule has 0 saturated carbocycles. The molecule has 0 spiro atoms. The number of esters is 1. The first-order chi connectivity index (χ1) is 7.67. The van der Waals surface area contributed by atoms with Crippen LogP contribution in [0.2, 0.25) is 0 Å². The summed E-state index contributed by atoms with van der Waals surface area (Å²) in [6, 6.07) is 4.36. The minimum atomic E-state index is -0.297. The molecule has 0 aliphatic heterocycles. The van der Waals surface area contributed by atoms with E-state index in [1.807, 2.05) is 0 Å². The second-order valence-corrected chi connectivity index (χ2v) is 3.39. The third kappa shape index (κ3) is 3.53. The van der Waals surface area contributed by atoms with E-state index in [2.05, 4.69) is 4.74 Å². The van der Waals surface area contributed by atoms with E-state index in [9.17, 15) is 9.18 Å². The first-order valence-electron chi connectivity index (χ1n) is 5.06. The SMILES string of the molecule is COC(=O)CCCc1cc(F)ccc1OC. The van der Waals surface area contributed by atoms with Crippen molar-refractivity contribution in [3.8, 4) is 5.75 Å². The molecular formula is C12H15FO3. The van der Waals surface area contributed by atoms with Crippen LogP contribution >= 0.6 is 0 Å². The monoisotopic (exact) mass is 226 g/mol. The molecule has 3 nitrogen and oxygen atoms in total. The zero-order valence-corrected chi connectivity index (χ0v) is 9.46. The Labute approximate surface area is 94.2 Å². The number of ether oxygens (including phenoxy) is 2. The quantitative estimate of drug-likeness (QED) is 0.723. The highest BCUT2D eigenvalue weighted by Crippen LogP contribution is 2.21. The number of aryl methyl sites for hydroxylation is 1. The first kappa shape index (κ1) is 12.5. The van der Waals surface area contributed by atoms with Crippen molar-refractivity contribution in [1.29, 1.82) is 0 Å². The lowest BCUT2D eigenvalue weighted by Crippen LogP contribution is -2.01. The van der Waals surface area contributed by atoms with Crippen molar-refractivity contribution in [2.24, 2.45) is 0 Å². The number of benzene rings is 1. The molecule has 16 heavy (non-hydrogen) atoms. The Balaban J connectivity index is 2.58. The lowest BCUT2D eigenvalue weighted by Gasteiger charge is -2.07. The maximum Gasteiger partial charge on any atom is 0.305 e. The fourth-order valence-corrected chi connectivity index (χ4v) is 1.47. The Morgan fingerprint density at radius 1 is 1.38 bits per heavy atom. The van der Waals surface area contributed by atoms with Gasteiger partial charge in [-0.05, 0) is 36.6 Å². The lowest BCUT2D eigenvalue weighted by molar-refractivity contribution is -0.140. The summed E-state index contributed by atoms with van der Waals surface area (Å²) < 4.78 is 22.6. The maximum absolute atomic E-state index is 13.0. The molecule has 0 aliphatic carbocycles. The molecule has 0 saturated heterocycles. The van der Waals surface area contributed by atoms with Crippen molar-refractivity contribution in [3.63, 3.8) is 0 Å². The molecule has 0 amide bonds. The van der Waals surface area contributed by atoms with E-state index in [4.69, 9.17) is 4.74 Å². The van der Waals surface area contributed by atoms with Gasteiger partial charge in [-0.1, -0.05) is 0 Å². The third-order valence-electron chi connectivity index (χ3n) is 2.30. The van der Waals surface area contributed by atoms with Gasteiger partial charge in [-0.25, -0.2) is 4.39 Å². The summed E-state index contributed by atoms with van der Waals surface area (Å²) in [6.45, 7) is 0. The van der Waals surface area contributed by atoms with Crippen LogP contribution in [0, 0.1) is 5.82 Å². The van der Waals surface area contributed by atoms with E-state index in [1.165, 1.54) is 26.4 Å². The Hall–Kier alpha value is -1.58. The topological polar surface area (TPSA) is 35.5 Å². The molecule has 1 aromatic rings. The zero-order chi connectivity index (χ0) is 12.0. The summed E-state index contributed by atoms with van der Waals surface area (Å²) in [5.74, 6) is 0.0931. The van der Waals surface area contributed by atoms with Gasteiger partial charge >= 0.3 is 5.97 Å². The molecule has 1 aromatic carbocycles. The average Bonchev–Trinajstić information content (AvgIpc) is 2.29. The predicted molar refractivity (Wildman–Crippen MR) is 57.9 cm³/mol. The van der Waals surface area contributed by atoms with Crippen LogP contribution < -0.4 is 4.74 Å². The minimum absolute atomic E-state index is 0.254. The second-order valence-electron chi connectivity index (χ2n) is 3.39. The van der Waals surface area contributed by atoms with Gasteiger partial charge in [0.15, 0.2) is 0 Å². The molecule has 4 heteroatoms. The van der Waals surface area contributed by atoms with Crippen LogP contribution in [0.25, 0.3) is 0 Å². The highest BCUT2D eigenvalue weighted by atomic mass is 19.1. The van der Waals surface area contributed by atoms with Crippen LogP contribution in [0.3, 0.4) is 0 Å². The second kappa shape index (κ2) is 6.10. The largest absolute Gasteiger partial charge is 0.496 e. The van der Waals surface area contributed by atoms with Gasteiger partial charge in [0.1, 0.15) is 11.6 Å². The number of hydrogen-bond donors (Lipinski definition) is 0. The van der Waals surface area contributed by atoms with E-state index < -0.39 is 0 Å². The van der Waals surface area contributed by atoms with Crippen molar-refractivity contribution in [3.05, 3.63) is 29.6 Å². The van der Waals surface area contributed by atoms with Crippen molar-refractivity contribution in [1.82, 2.24) is 0 Å². The Kier molecular flexibility index (Phi) is 4.76. The maximum atomic E-state index is 13.0. The van der Waals surface area contributed by atoms with Crippen LogP contribution in [0.4, 0.5) is 4.39 Å². The summed E-state index contributed by atoms with van der Waals surface area (Å²) >= 11 is 0. The molecule has 0 heterocycles. The summed E-state index contributed by atoms with van der Waals surface area (Å²) in [5.41, 5.74) is 0.770. The summed E-state index contributed by atoms with van der Waals surface area (Å²) in [7, 11) is 2.89. The lowest BCUT2D eigenvalue weighted by atomic mass is 10.1. The molecule has 0 N–H and O–H groups in total. The normalized spacial score (nSPS) is 9.94. The molecule has 0 aromatic heterocycles. The van der Waals surface area contributed by atoms with Crippen LogP contribution in [0.1, 0.15) is 18.4 Å². The summed E-state index contributed by atoms with van der Waals surface area (Å²) in [4.78, 5) is 10.9. The number of carbonyl (C=O) groups excluding carboxylic acids is 1. The number of hydrogen-bond acceptors (Lipinski definition) is 3. The van der Waals surface area contributed by atoms with Gasteiger partial charge in [0.25, 0.3) is 0 Å². The van der Waals surface area contributed by atoms with E-state index in [-0.39, 0.29) is 11.8 Å². The van der Waals surface area contributed by atoms with Crippen LogP contribution in [0.5, 0.6) is 5.75 Å². The standard InChI is InChI=1S/C12H15FO3/c1-15-11-7-6-10(13)8-9(11)4-3-5-12(14)16-2/h6-8H,3-5H2,1-2H3. The molecule has 0 aliphatic rings. The van der Waals surface area contributed by atoms with Gasteiger partial charge < -0.3 is 9.47 Å². The Morgan fingerprint density at radius 3 is 2.75 bits per heavy atom. The van der Waals surface area contributed by atoms with Crippen LogP contribution in [-0.2, 0) is 16.0 Å². The summed E-state index contributed by atoms with van der Waals surface area (Å²) in [6.07, 6.45) is 1.54. The van der Waals surface area contributed by atoms with E-state index in [0.717, 1.165) is 5.56 Å². The zero-order valence-electron chi connectivity index (χ0n) is 9.46. The Morgan fingerprint density at radius 2 is 2.12 bits per heavy atom. The van der Waals surface area contributed by atoms with E-state index in [1.54, 1.807) is 6.07 Å². The van der Waals surface area contributed by atoms with Gasteiger partial charge in [0, 0.05) is 6.42 Å². The van der Waals surface area contributed by atoms with Crippen molar-refractivity contribution >= 4 is 5.97 Å². The minimum Gasteiger partial charge on any atom is -0.496 e. The predicted octanol–water partition coefficient (Wildman–Crippen LogP) is 2.33. The summed E-state index contributed by atoms with van der Waals surface area (Å²) in [5, 5.41) is 0. The van der Waals surface area contributed by atoms with Crippen LogP contribution in [-0.4, -0.2) is 20.2 Å². The smallest absolute Gasteiger partial charge is 0.305 e. The highest BCUT2D eigenvalue weighted by molar-refractivity contribution is 5.69. The fraction of sp³-hybridized carbons (Fsp3) is 0.417. The van der Waals surface area contributed by atoms with Crippen molar-refractivity contribution in [2.75, 3.05) is 14.2 Å². The molecule has 0 unspecified atom stereocenters. The van der Waals surface area contributed by atoms with Crippen LogP contribution in [0.15, 0.2) is 18.2 Å². The van der Waals surface area contributed by atoms with Gasteiger partial charge in [0.2, 0.25) is 0 Å². The van der Waals surface area contributed by atoms with Gasteiger partial charge in [-0.2, -0.15) is 0 Å². The average molecular weight is 226 g/mol. The molecule has 0 atom stereocenters.